The number of para-hydroxylation sites is 1. The second kappa shape index (κ2) is 11.3. The van der Waals surface area contributed by atoms with Gasteiger partial charge >= 0.3 is 0 Å². The van der Waals surface area contributed by atoms with Gasteiger partial charge in [-0.1, -0.05) is 57.2 Å². The van der Waals surface area contributed by atoms with Crippen LogP contribution in [0.2, 0.25) is 0 Å². The Hall–Kier alpha value is -0.630. The summed E-state index contributed by atoms with van der Waals surface area (Å²) in [6, 6.07) is 14.1. The molecule has 0 saturated carbocycles. The van der Waals surface area contributed by atoms with E-state index in [4.69, 9.17) is 0 Å². The Bertz CT molecular complexity index is 692. The molecule has 0 spiro atoms. The van der Waals surface area contributed by atoms with E-state index in [1.54, 1.807) is 0 Å². The van der Waals surface area contributed by atoms with Crippen molar-refractivity contribution in [2.75, 3.05) is 11.4 Å². The smallest absolute Gasteiger partial charge is 0.258 e. The Morgan fingerprint density at radius 1 is 0.923 bits per heavy atom. The number of hydrogen-bond acceptors (Lipinski definition) is 1. The monoisotopic (exact) mass is 575 g/mol. The average molecular weight is 575 g/mol. The van der Waals surface area contributed by atoms with E-state index >= 15 is 0 Å². The van der Waals surface area contributed by atoms with Gasteiger partial charge in [0.25, 0.3) is 5.91 Å². The van der Waals surface area contributed by atoms with Gasteiger partial charge in [-0.3, -0.25) is 4.79 Å². The van der Waals surface area contributed by atoms with Crippen LogP contribution >= 0.6 is 45.2 Å². The molecule has 0 aliphatic heterocycles. The number of rotatable bonds is 9. The summed E-state index contributed by atoms with van der Waals surface area (Å²) >= 11 is 4.64. The molecule has 0 bridgehead atoms. The van der Waals surface area contributed by atoms with E-state index in [1.165, 1.54) is 37.7 Å². The summed E-state index contributed by atoms with van der Waals surface area (Å²) in [4.78, 5) is 15.2. The first kappa shape index (κ1) is 21.7. The minimum Gasteiger partial charge on any atom is -0.308 e. The van der Waals surface area contributed by atoms with Gasteiger partial charge in [0.15, 0.2) is 0 Å². The zero-order valence-corrected chi connectivity index (χ0v) is 19.9. The van der Waals surface area contributed by atoms with Crippen LogP contribution in [0.3, 0.4) is 0 Å². The summed E-state index contributed by atoms with van der Waals surface area (Å²) in [6.45, 7) is 5.11. The maximum Gasteiger partial charge on any atom is 0.258 e. The number of unbranched alkanes of at least 4 members (excludes halogenated alkanes) is 5. The molecule has 26 heavy (non-hydrogen) atoms. The number of hydrogen-bond donors (Lipinski definition) is 0. The molecule has 0 unspecified atom stereocenters. The van der Waals surface area contributed by atoms with Gasteiger partial charge in [0.2, 0.25) is 0 Å². The second-order valence-electron chi connectivity index (χ2n) is 6.62. The van der Waals surface area contributed by atoms with E-state index in [-0.39, 0.29) is 5.91 Å². The summed E-state index contributed by atoms with van der Waals surface area (Å²) in [7, 11) is 0. The van der Waals surface area contributed by atoms with Crippen molar-refractivity contribution in [3.8, 4) is 0 Å². The first-order valence-corrected chi connectivity index (χ1v) is 11.5. The first-order valence-electron chi connectivity index (χ1n) is 9.37. The van der Waals surface area contributed by atoms with Gasteiger partial charge in [-0.05, 0) is 88.4 Å². The van der Waals surface area contributed by atoms with Crippen molar-refractivity contribution in [1.82, 2.24) is 0 Å². The molecule has 0 saturated heterocycles. The van der Waals surface area contributed by atoms with E-state index in [2.05, 4.69) is 59.0 Å². The first-order chi connectivity index (χ1) is 12.5. The van der Waals surface area contributed by atoms with Crippen LogP contribution in [0, 0.1) is 14.1 Å². The molecular formula is C22H27I2NO. The van der Waals surface area contributed by atoms with E-state index in [1.807, 2.05) is 47.4 Å². The number of anilines is 1. The van der Waals surface area contributed by atoms with Crippen LogP contribution in [0.1, 0.15) is 61.4 Å². The fourth-order valence-electron chi connectivity index (χ4n) is 2.93. The fraction of sp³-hybridized carbons (Fsp3) is 0.409. The van der Waals surface area contributed by atoms with Crippen molar-refractivity contribution in [2.45, 2.75) is 52.4 Å². The van der Waals surface area contributed by atoms with E-state index < -0.39 is 0 Å². The Morgan fingerprint density at radius 2 is 1.50 bits per heavy atom. The van der Waals surface area contributed by atoms with Crippen molar-refractivity contribution in [3.63, 3.8) is 0 Å². The van der Waals surface area contributed by atoms with Gasteiger partial charge < -0.3 is 4.90 Å². The lowest BCUT2D eigenvalue weighted by Crippen LogP contribution is -2.32. The van der Waals surface area contributed by atoms with Crippen molar-refractivity contribution in [3.05, 3.63) is 60.7 Å². The predicted octanol–water partition coefficient (Wildman–Crippen LogP) is 7.21. The maximum atomic E-state index is 13.2. The maximum absolute atomic E-state index is 13.2. The quantitative estimate of drug-likeness (QED) is 0.229. The molecule has 140 valence electrons. The molecule has 0 N–H and O–H groups in total. The fourth-order valence-corrected chi connectivity index (χ4v) is 4.70. The van der Waals surface area contributed by atoms with Crippen LogP contribution < -0.4 is 4.90 Å². The molecule has 4 heteroatoms. The normalized spacial score (nSPS) is 10.8. The van der Waals surface area contributed by atoms with Crippen LogP contribution in [-0.2, 0) is 0 Å². The zero-order valence-electron chi connectivity index (χ0n) is 15.6. The van der Waals surface area contributed by atoms with E-state index in [0.717, 1.165) is 31.4 Å². The lowest BCUT2D eigenvalue weighted by atomic mass is 10.1. The van der Waals surface area contributed by atoms with Gasteiger partial charge in [0.1, 0.15) is 0 Å². The molecule has 0 radical (unpaired) electrons. The van der Waals surface area contributed by atoms with E-state index in [0.29, 0.717) is 0 Å². The molecule has 2 aromatic rings. The molecule has 2 nitrogen and oxygen atoms in total. The lowest BCUT2D eigenvalue weighted by Gasteiger charge is -2.23. The topological polar surface area (TPSA) is 20.3 Å². The SMILES string of the molecule is CCCCCCCCN(C(=O)c1cc(I)c(C)c(I)c1)c1ccccc1. The van der Waals surface area contributed by atoms with E-state index in [9.17, 15) is 4.79 Å². The minimum atomic E-state index is 0.0978. The molecule has 2 rings (SSSR count). The summed E-state index contributed by atoms with van der Waals surface area (Å²) in [5, 5.41) is 0. The number of carbonyl (C=O) groups excluding carboxylic acids is 1. The van der Waals surface area contributed by atoms with Crippen molar-refractivity contribution >= 4 is 56.8 Å². The lowest BCUT2D eigenvalue weighted by molar-refractivity contribution is 0.0986. The van der Waals surface area contributed by atoms with Crippen molar-refractivity contribution in [1.29, 1.82) is 0 Å². The minimum absolute atomic E-state index is 0.0978. The number of amides is 1. The molecular weight excluding hydrogens is 548 g/mol. The highest BCUT2D eigenvalue weighted by atomic mass is 127. The highest BCUT2D eigenvalue weighted by molar-refractivity contribution is 14.1. The van der Waals surface area contributed by atoms with Gasteiger partial charge in [-0.25, -0.2) is 0 Å². The molecule has 0 aromatic heterocycles. The van der Waals surface area contributed by atoms with Crippen molar-refractivity contribution in [2.24, 2.45) is 0 Å². The average Bonchev–Trinajstić information content (AvgIpc) is 2.65. The number of benzene rings is 2. The molecule has 0 aliphatic carbocycles. The molecule has 0 atom stereocenters. The van der Waals surface area contributed by atoms with Gasteiger partial charge in [0, 0.05) is 24.9 Å². The summed E-state index contributed by atoms with van der Waals surface area (Å²) in [5.41, 5.74) is 3.00. The van der Waals surface area contributed by atoms with Gasteiger partial charge in [-0.2, -0.15) is 0 Å². The van der Waals surface area contributed by atoms with Crippen molar-refractivity contribution < 1.29 is 4.79 Å². The Balaban J connectivity index is 2.14. The van der Waals surface area contributed by atoms with Crippen LogP contribution in [0.25, 0.3) is 0 Å². The third-order valence-electron chi connectivity index (χ3n) is 4.58. The van der Waals surface area contributed by atoms with Gasteiger partial charge in [0.05, 0.1) is 0 Å². The highest BCUT2D eigenvalue weighted by Gasteiger charge is 2.19. The standard InChI is InChI=1S/C22H27I2NO/c1-3-4-5-6-7-11-14-25(19-12-9-8-10-13-19)22(26)18-15-20(23)17(2)21(24)16-18/h8-10,12-13,15-16H,3-7,11,14H2,1-2H3. The number of carbonyl (C=O) groups is 1. The summed E-state index contributed by atoms with van der Waals surface area (Å²) < 4.78 is 2.29. The van der Waals surface area contributed by atoms with Crippen LogP contribution in [0.15, 0.2) is 42.5 Å². The second-order valence-corrected chi connectivity index (χ2v) is 8.95. The Labute approximate surface area is 185 Å². The third kappa shape index (κ3) is 6.22. The highest BCUT2D eigenvalue weighted by Crippen LogP contribution is 2.24. The molecule has 0 aliphatic rings. The molecule has 0 heterocycles. The van der Waals surface area contributed by atoms with Gasteiger partial charge in [-0.15, -0.1) is 0 Å². The van der Waals surface area contributed by atoms with Crippen LogP contribution in [0.4, 0.5) is 5.69 Å². The zero-order chi connectivity index (χ0) is 18.9. The molecule has 1 amide bonds. The number of halogens is 2. The van der Waals surface area contributed by atoms with Crippen LogP contribution in [-0.4, -0.2) is 12.5 Å². The predicted molar refractivity (Wildman–Crippen MR) is 128 cm³/mol. The third-order valence-corrected chi connectivity index (χ3v) is 6.82. The molecule has 2 aromatic carbocycles. The molecule has 0 fully saturated rings. The Morgan fingerprint density at radius 3 is 2.12 bits per heavy atom. The largest absolute Gasteiger partial charge is 0.308 e. The summed E-state index contributed by atoms with van der Waals surface area (Å²) in [6.07, 6.45) is 7.35. The Kier molecular flexibility index (Phi) is 9.39. The van der Waals surface area contributed by atoms with Crippen LogP contribution in [0.5, 0.6) is 0 Å². The summed E-state index contributed by atoms with van der Waals surface area (Å²) in [5.74, 6) is 0.0978. The number of nitrogens with zero attached hydrogens (tertiary/aromatic N) is 1.